The van der Waals surface area contributed by atoms with Crippen LogP contribution in [0.25, 0.3) is 0 Å². The van der Waals surface area contributed by atoms with E-state index < -0.39 is 0 Å². The molecule has 0 fully saturated rings. The molecule has 0 aliphatic rings. The summed E-state index contributed by atoms with van der Waals surface area (Å²) in [5.41, 5.74) is 0. The van der Waals surface area contributed by atoms with Crippen molar-refractivity contribution in [1.82, 2.24) is 0 Å². The molecule has 0 saturated heterocycles. The van der Waals surface area contributed by atoms with Crippen LogP contribution in [0.4, 0.5) is 0 Å². The summed E-state index contributed by atoms with van der Waals surface area (Å²) in [6, 6.07) is 0. The molecule has 22 valence electrons. The van der Waals surface area contributed by atoms with Crippen LogP contribution in [0.5, 0.6) is 0 Å². The molecule has 0 atom stereocenters. The third-order valence-electron chi connectivity index (χ3n) is 0. The van der Waals surface area contributed by atoms with E-state index in [9.17, 15) is 0 Å². The van der Waals surface area contributed by atoms with E-state index in [0.29, 0.717) is 0 Å². The second-order valence-electron chi connectivity index (χ2n) is 0. The molecule has 0 amide bonds. The maximum absolute atomic E-state index is 6.00. The maximum Gasteiger partial charge on any atom is 1.00 e. The maximum atomic E-state index is 6.00. The Bertz CT molecular complexity index is 6.00. The van der Waals surface area contributed by atoms with E-state index >= 15 is 0 Å². The molecular weight excluding hydrogens is 65.8 g/mol. The van der Waals surface area contributed by atoms with E-state index in [0.717, 1.165) is 0 Å². The number of rotatable bonds is 0. The predicted molar refractivity (Wildman–Crippen MR) is 16.6 cm³/mol. The zero-order valence-electron chi connectivity index (χ0n) is 1.89. The van der Waals surface area contributed by atoms with Crippen LogP contribution in [0.1, 0.15) is 0 Å². The second-order valence-corrected chi connectivity index (χ2v) is 0. The first-order chi connectivity index (χ1) is 1.00. The van der Waals surface area contributed by atoms with E-state index in [2.05, 4.69) is 0 Å². The van der Waals surface area contributed by atoms with Crippen molar-refractivity contribution in [2.24, 2.45) is 0 Å². The smallest absolute Gasteiger partial charge is 0.255 e. The van der Waals surface area contributed by atoms with Crippen LogP contribution in [-0.2, 0) is 0 Å². The Morgan fingerprint density at radius 1 is 1.00 bits per heavy atom. The van der Waals surface area contributed by atoms with E-state index in [-0.39, 0.29) is 38.0 Å². The normalized spacial score (nSPS) is 1.50. The molecule has 0 aliphatic heterocycles. The molecule has 2 nitrogen and oxygen atoms in total. The van der Waals surface area contributed by atoms with E-state index in [1.807, 2.05) is 0 Å². The molecule has 0 spiro atoms. The van der Waals surface area contributed by atoms with Crippen LogP contribution >= 0.6 is 0 Å². The van der Waals surface area contributed by atoms with Crippen molar-refractivity contribution in [1.29, 1.82) is 0 Å². The molecule has 2 N–H and O–H groups in total. The van der Waals surface area contributed by atoms with Gasteiger partial charge in [0.25, 0.3) is 0 Å². The van der Waals surface area contributed by atoms with Crippen LogP contribution in [0.3, 0.4) is 0 Å². The monoisotopic (exact) mass is 72.0 g/mol. The van der Waals surface area contributed by atoms with Crippen molar-refractivity contribution < 1.29 is 40.1 Å². The molecule has 0 saturated carbocycles. The summed E-state index contributed by atoms with van der Waals surface area (Å²) < 4.78 is 0. The molecule has 0 aromatic rings. The Kier molecular flexibility index (Phi) is 184. The Hall–Kier alpha value is 0.985. The standard InChI is InChI=1S/BH4.Na.H2O2/c;;1-2/h1H4;;1-2H/q-1;+1;. The van der Waals surface area contributed by atoms with Crippen LogP contribution in [0.2, 0.25) is 0 Å². The largest absolute Gasteiger partial charge is 1.00 e. The van der Waals surface area contributed by atoms with Gasteiger partial charge in [-0.1, -0.05) is 8.41 Å². The summed E-state index contributed by atoms with van der Waals surface area (Å²) in [6.45, 7) is 0. The fraction of sp³-hybridized carbons (Fsp3) is 0. The SMILES string of the molecule is OO.[BH4-].[Na+]. The predicted octanol–water partition coefficient (Wildman–Crippen LogP) is -4.43. The summed E-state index contributed by atoms with van der Waals surface area (Å²) in [5, 5.41) is 12.0. The first-order valence-electron chi connectivity index (χ1n) is 0.200. The Labute approximate surface area is 48.6 Å². The van der Waals surface area contributed by atoms with Gasteiger partial charge >= 0.3 is 29.6 Å². The molecule has 0 radical (unpaired) electrons. The van der Waals surface area contributed by atoms with Crippen LogP contribution in [-0.4, -0.2) is 18.9 Å². The fourth-order valence-corrected chi connectivity index (χ4v) is 0. The van der Waals surface area contributed by atoms with Gasteiger partial charge in [0.05, 0.1) is 0 Å². The van der Waals surface area contributed by atoms with Crippen LogP contribution in [0, 0.1) is 0 Å². The number of hydrogen-bond donors (Lipinski definition) is 2. The summed E-state index contributed by atoms with van der Waals surface area (Å²) >= 11 is 0. The van der Waals surface area contributed by atoms with Gasteiger partial charge in [-0.15, -0.1) is 0 Å². The zero-order valence-corrected chi connectivity index (χ0v) is 3.89. The molecular formula is H6BNaO2. The van der Waals surface area contributed by atoms with Crippen molar-refractivity contribution in [2.45, 2.75) is 0 Å². The minimum atomic E-state index is 0. The van der Waals surface area contributed by atoms with Crippen molar-refractivity contribution in [2.75, 3.05) is 0 Å². The van der Waals surface area contributed by atoms with E-state index in [1.54, 1.807) is 0 Å². The third kappa shape index (κ3) is 12.1. The van der Waals surface area contributed by atoms with Gasteiger partial charge < -0.3 is 0 Å². The summed E-state index contributed by atoms with van der Waals surface area (Å²) in [7, 11) is 0. The minimum absolute atomic E-state index is 0. The van der Waals surface area contributed by atoms with Gasteiger partial charge in [-0.2, -0.15) is 0 Å². The topological polar surface area (TPSA) is 40.5 Å². The minimum Gasteiger partial charge on any atom is -0.255 e. The third-order valence-corrected chi connectivity index (χ3v) is 0. The molecule has 0 aromatic carbocycles. The summed E-state index contributed by atoms with van der Waals surface area (Å²) in [4.78, 5) is 0. The van der Waals surface area contributed by atoms with Gasteiger partial charge in [0.2, 0.25) is 0 Å². The van der Waals surface area contributed by atoms with Gasteiger partial charge in [0, 0.05) is 0 Å². The Morgan fingerprint density at radius 2 is 1.00 bits per heavy atom. The van der Waals surface area contributed by atoms with Gasteiger partial charge in [0.15, 0.2) is 0 Å². The Morgan fingerprint density at radius 3 is 1.00 bits per heavy atom. The van der Waals surface area contributed by atoms with Crippen LogP contribution < -0.4 is 29.6 Å². The second kappa shape index (κ2) is 36.6. The average Bonchev–Trinajstić information content (AvgIpc) is 1.00. The average molecular weight is 71.8 g/mol. The van der Waals surface area contributed by atoms with Crippen molar-refractivity contribution >= 4 is 8.41 Å². The van der Waals surface area contributed by atoms with Gasteiger partial charge in [0.1, 0.15) is 0 Å². The quantitative estimate of drug-likeness (QED) is 0.172. The summed E-state index contributed by atoms with van der Waals surface area (Å²) in [6.07, 6.45) is 0. The number of hydrogen-bond acceptors (Lipinski definition) is 2. The molecule has 0 unspecified atom stereocenters. The molecule has 4 heavy (non-hydrogen) atoms. The molecule has 0 aromatic heterocycles. The van der Waals surface area contributed by atoms with Crippen molar-refractivity contribution in [3.8, 4) is 0 Å². The van der Waals surface area contributed by atoms with E-state index in [4.69, 9.17) is 10.5 Å². The van der Waals surface area contributed by atoms with Gasteiger partial charge in [-0.25, -0.2) is 0 Å². The first kappa shape index (κ1) is 20.1. The molecule has 0 heterocycles. The van der Waals surface area contributed by atoms with Gasteiger partial charge in [-0.05, 0) is 0 Å². The fourth-order valence-electron chi connectivity index (χ4n) is 0. The van der Waals surface area contributed by atoms with Gasteiger partial charge in [-0.3, -0.25) is 10.5 Å². The first-order valence-corrected chi connectivity index (χ1v) is 0.200. The van der Waals surface area contributed by atoms with E-state index in [1.165, 1.54) is 0 Å². The van der Waals surface area contributed by atoms with Crippen LogP contribution in [0.15, 0.2) is 0 Å². The Balaban J connectivity index is -0.00000000500. The zero-order chi connectivity index (χ0) is 2.00. The molecule has 0 aliphatic carbocycles. The van der Waals surface area contributed by atoms with Crippen molar-refractivity contribution in [3.05, 3.63) is 0 Å². The summed E-state index contributed by atoms with van der Waals surface area (Å²) in [5.74, 6) is 0. The molecule has 4 heteroatoms. The molecule has 0 rings (SSSR count). The van der Waals surface area contributed by atoms with Crippen molar-refractivity contribution in [3.63, 3.8) is 0 Å². The molecule has 0 bridgehead atoms.